The van der Waals surface area contributed by atoms with Crippen LogP contribution >= 0.6 is 0 Å². The summed E-state index contributed by atoms with van der Waals surface area (Å²) >= 11 is 0. The molecule has 1 fully saturated rings. The quantitative estimate of drug-likeness (QED) is 0.787. The summed E-state index contributed by atoms with van der Waals surface area (Å²) < 4.78 is 0. The highest BCUT2D eigenvalue weighted by Gasteiger charge is 2.33. The average molecular weight is 218 g/mol. The zero-order valence-corrected chi connectivity index (χ0v) is 10.5. The minimum absolute atomic E-state index is 0.303. The van der Waals surface area contributed by atoms with E-state index >= 15 is 0 Å². The minimum atomic E-state index is 0.303. The van der Waals surface area contributed by atoms with Gasteiger partial charge in [0.15, 0.2) is 0 Å². The van der Waals surface area contributed by atoms with Crippen LogP contribution in [0.15, 0.2) is 18.3 Å². The van der Waals surface area contributed by atoms with Crippen LogP contribution in [-0.2, 0) is 0 Å². The van der Waals surface area contributed by atoms with Gasteiger partial charge < -0.3 is 5.73 Å². The number of hydrogen-bond donors (Lipinski definition) is 1. The van der Waals surface area contributed by atoms with Crippen molar-refractivity contribution in [1.82, 2.24) is 4.98 Å². The third-order valence-electron chi connectivity index (χ3n) is 3.81. The van der Waals surface area contributed by atoms with Gasteiger partial charge in [0.2, 0.25) is 0 Å². The first-order valence-electron chi connectivity index (χ1n) is 6.16. The fourth-order valence-electron chi connectivity index (χ4n) is 2.67. The molecule has 0 aliphatic heterocycles. The molecule has 0 spiro atoms. The van der Waals surface area contributed by atoms with Gasteiger partial charge in [-0.2, -0.15) is 0 Å². The molecule has 2 unspecified atom stereocenters. The van der Waals surface area contributed by atoms with Gasteiger partial charge in [0.1, 0.15) is 0 Å². The molecule has 2 nitrogen and oxygen atoms in total. The monoisotopic (exact) mass is 218 g/mol. The van der Waals surface area contributed by atoms with Crippen molar-refractivity contribution in [3.05, 3.63) is 29.6 Å². The predicted octanol–water partition coefficient (Wildman–Crippen LogP) is 3.01. The van der Waals surface area contributed by atoms with Crippen LogP contribution in [-0.4, -0.2) is 11.0 Å². The lowest BCUT2D eigenvalue weighted by Crippen LogP contribution is -2.37. The van der Waals surface area contributed by atoms with E-state index in [2.05, 4.69) is 31.0 Å². The van der Waals surface area contributed by atoms with E-state index in [1.165, 1.54) is 18.4 Å². The van der Waals surface area contributed by atoms with Gasteiger partial charge in [-0.15, -0.1) is 0 Å². The molecule has 88 valence electrons. The Hall–Kier alpha value is -0.890. The zero-order valence-electron chi connectivity index (χ0n) is 10.5. The van der Waals surface area contributed by atoms with Gasteiger partial charge in [0.25, 0.3) is 0 Å². The fourth-order valence-corrected chi connectivity index (χ4v) is 2.67. The Kier molecular flexibility index (Phi) is 3.02. The van der Waals surface area contributed by atoms with E-state index in [9.17, 15) is 0 Å². The molecule has 1 aromatic rings. The van der Waals surface area contributed by atoms with Gasteiger partial charge in [-0.1, -0.05) is 19.9 Å². The lowest BCUT2D eigenvalue weighted by molar-refractivity contribution is 0.198. The number of hydrogen-bond acceptors (Lipinski definition) is 2. The molecule has 0 saturated heterocycles. The summed E-state index contributed by atoms with van der Waals surface area (Å²) in [5.74, 6) is 0.483. The second-order valence-electron chi connectivity index (χ2n) is 5.91. The molecule has 1 saturated carbocycles. The maximum Gasteiger partial charge on any atom is 0.0372 e. The Balaban J connectivity index is 2.21. The summed E-state index contributed by atoms with van der Waals surface area (Å²) in [6, 6.07) is 4.58. The molecule has 0 aromatic carbocycles. The molecule has 0 bridgehead atoms. The molecule has 2 N–H and O–H groups in total. The molecule has 1 aliphatic carbocycles. The van der Waals surface area contributed by atoms with E-state index in [4.69, 9.17) is 5.73 Å². The highest BCUT2D eigenvalue weighted by molar-refractivity contribution is 5.21. The molecular weight excluding hydrogens is 196 g/mol. The highest BCUT2D eigenvalue weighted by Crippen LogP contribution is 2.42. The number of nitrogens with two attached hydrogens (primary N) is 1. The number of aromatic nitrogens is 1. The topological polar surface area (TPSA) is 38.9 Å². The van der Waals surface area contributed by atoms with Crippen molar-refractivity contribution in [1.29, 1.82) is 0 Å². The minimum Gasteiger partial charge on any atom is -0.327 e. The molecule has 2 rings (SSSR count). The third-order valence-corrected chi connectivity index (χ3v) is 3.81. The van der Waals surface area contributed by atoms with E-state index in [1.807, 2.05) is 13.1 Å². The smallest absolute Gasteiger partial charge is 0.0372 e. The Morgan fingerprint density at radius 3 is 2.75 bits per heavy atom. The fraction of sp³-hybridized carbons (Fsp3) is 0.643. The van der Waals surface area contributed by atoms with Crippen molar-refractivity contribution in [3.63, 3.8) is 0 Å². The van der Waals surface area contributed by atoms with Crippen molar-refractivity contribution >= 4 is 0 Å². The van der Waals surface area contributed by atoms with Gasteiger partial charge in [-0.3, -0.25) is 4.98 Å². The van der Waals surface area contributed by atoms with Crippen molar-refractivity contribution in [2.24, 2.45) is 11.1 Å². The van der Waals surface area contributed by atoms with Gasteiger partial charge >= 0.3 is 0 Å². The Bertz CT molecular complexity index is 354. The summed E-state index contributed by atoms with van der Waals surface area (Å²) in [4.78, 5) is 4.38. The largest absolute Gasteiger partial charge is 0.327 e. The second kappa shape index (κ2) is 4.17. The zero-order chi connectivity index (χ0) is 11.8. The third kappa shape index (κ3) is 2.43. The number of nitrogens with zero attached hydrogens (tertiary/aromatic N) is 1. The lowest BCUT2D eigenvalue weighted by atomic mass is 9.68. The molecule has 0 radical (unpaired) electrons. The second-order valence-corrected chi connectivity index (χ2v) is 5.91. The van der Waals surface area contributed by atoms with E-state index in [0.717, 1.165) is 12.1 Å². The van der Waals surface area contributed by atoms with Crippen molar-refractivity contribution in [2.45, 2.75) is 52.0 Å². The van der Waals surface area contributed by atoms with Crippen LogP contribution in [0, 0.1) is 12.3 Å². The average Bonchev–Trinajstić information content (AvgIpc) is 2.23. The molecule has 1 heterocycles. The van der Waals surface area contributed by atoms with E-state index in [0.29, 0.717) is 17.4 Å². The van der Waals surface area contributed by atoms with Gasteiger partial charge in [-0.25, -0.2) is 0 Å². The number of rotatable bonds is 1. The van der Waals surface area contributed by atoms with Crippen molar-refractivity contribution < 1.29 is 0 Å². The van der Waals surface area contributed by atoms with Crippen LogP contribution in [0.1, 0.15) is 50.3 Å². The van der Waals surface area contributed by atoms with E-state index in [1.54, 1.807) is 0 Å². The first-order chi connectivity index (χ1) is 7.48. The number of aryl methyl sites for hydroxylation is 1. The molecule has 2 atom stereocenters. The van der Waals surface area contributed by atoms with Crippen LogP contribution in [0.4, 0.5) is 0 Å². The van der Waals surface area contributed by atoms with Gasteiger partial charge in [0, 0.05) is 23.9 Å². The summed E-state index contributed by atoms with van der Waals surface area (Å²) in [5.41, 5.74) is 9.05. The van der Waals surface area contributed by atoms with Crippen LogP contribution in [0.2, 0.25) is 0 Å². The molecule has 0 amide bonds. The standard InChI is InChI=1S/C14H22N2/c1-10-4-5-11(9-16-10)12-8-14(2,3)7-6-13(12)15/h4-5,9,12-13H,6-8,15H2,1-3H3. The van der Waals surface area contributed by atoms with Crippen molar-refractivity contribution in [2.75, 3.05) is 0 Å². The van der Waals surface area contributed by atoms with Crippen LogP contribution in [0.25, 0.3) is 0 Å². The van der Waals surface area contributed by atoms with Crippen LogP contribution in [0.3, 0.4) is 0 Å². The summed E-state index contributed by atoms with van der Waals surface area (Å²) in [5, 5.41) is 0. The first-order valence-corrected chi connectivity index (χ1v) is 6.16. The summed E-state index contributed by atoms with van der Waals surface area (Å²) in [6.07, 6.45) is 5.55. The van der Waals surface area contributed by atoms with E-state index < -0.39 is 0 Å². The molecule has 2 heteroatoms. The van der Waals surface area contributed by atoms with Crippen LogP contribution in [0.5, 0.6) is 0 Å². The molecule has 1 aliphatic rings. The van der Waals surface area contributed by atoms with Gasteiger partial charge in [0.05, 0.1) is 0 Å². The Morgan fingerprint density at radius 1 is 1.38 bits per heavy atom. The maximum atomic E-state index is 6.24. The lowest BCUT2D eigenvalue weighted by Gasteiger charge is -2.39. The van der Waals surface area contributed by atoms with E-state index in [-0.39, 0.29) is 0 Å². The molecular formula is C14H22N2. The Labute approximate surface area is 98.3 Å². The molecule has 16 heavy (non-hydrogen) atoms. The predicted molar refractivity (Wildman–Crippen MR) is 67.3 cm³/mol. The SMILES string of the molecule is Cc1ccc(C2CC(C)(C)CCC2N)cn1. The Morgan fingerprint density at radius 2 is 2.12 bits per heavy atom. The number of pyridine rings is 1. The normalized spacial score (nSPS) is 29.0. The highest BCUT2D eigenvalue weighted by atomic mass is 14.7. The van der Waals surface area contributed by atoms with Crippen LogP contribution < -0.4 is 5.73 Å². The molecule has 1 aromatic heterocycles. The summed E-state index contributed by atoms with van der Waals surface area (Å²) in [6.45, 7) is 6.70. The summed E-state index contributed by atoms with van der Waals surface area (Å²) in [7, 11) is 0. The van der Waals surface area contributed by atoms with Crippen molar-refractivity contribution in [3.8, 4) is 0 Å². The first kappa shape index (κ1) is 11.6. The van der Waals surface area contributed by atoms with Gasteiger partial charge in [-0.05, 0) is 43.2 Å². The maximum absolute atomic E-state index is 6.24.